The summed E-state index contributed by atoms with van der Waals surface area (Å²) in [4.78, 5) is 10.1. The monoisotopic (exact) mass is 307 g/mol. The van der Waals surface area contributed by atoms with Gasteiger partial charge in [0, 0.05) is 0 Å². The van der Waals surface area contributed by atoms with Crippen LogP contribution in [0, 0.1) is 11.6 Å². The van der Waals surface area contributed by atoms with Crippen LogP contribution in [0.5, 0.6) is 0 Å². The zero-order valence-electron chi connectivity index (χ0n) is 11.0. The SMILES string of the molecule is CCC(CC)(NS(=O)(=O)c1c(F)cccc1F)C(=O)O. The number of carbonyl (C=O) groups is 1. The Bertz CT molecular complexity index is 592. The molecule has 1 aromatic rings. The van der Waals surface area contributed by atoms with Gasteiger partial charge >= 0.3 is 5.97 Å². The summed E-state index contributed by atoms with van der Waals surface area (Å²) in [5.74, 6) is -3.95. The maximum atomic E-state index is 13.5. The third-order valence-electron chi connectivity index (χ3n) is 3.13. The standard InChI is InChI=1S/C12H15F2NO4S/c1-3-12(4-2,11(16)17)15-20(18,19)10-8(13)6-5-7-9(10)14/h5-7,15H,3-4H2,1-2H3,(H,16,17). The Labute approximate surface area is 115 Å². The van der Waals surface area contributed by atoms with Crippen LogP contribution < -0.4 is 4.72 Å². The number of hydrogen-bond acceptors (Lipinski definition) is 3. The van der Waals surface area contributed by atoms with Gasteiger partial charge in [0.1, 0.15) is 17.2 Å². The van der Waals surface area contributed by atoms with Gasteiger partial charge in [0.2, 0.25) is 10.0 Å². The van der Waals surface area contributed by atoms with E-state index in [9.17, 15) is 22.0 Å². The van der Waals surface area contributed by atoms with E-state index in [0.29, 0.717) is 0 Å². The van der Waals surface area contributed by atoms with Crippen LogP contribution >= 0.6 is 0 Å². The number of aliphatic carboxylic acids is 1. The Hall–Kier alpha value is -1.54. The Balaban J connectivity index is 3.35. The first-order valence-corrected chi connectivity index (χ1v) is 7.40. The lowest BCUT2D eigenvalue weighted by molar-refractivity contribution is -0.144. The summed E-state index contributed by atoms with van der Waals surface area (Å²) in [6, 6.07) is 2.60. The Kier molecular flexibility index (Phi) is 4.82. The molecule has 0 heterocycles. The summed E-state index contributed by atoms with van der Waals surface area (Å²) in [7, 11) is -4.63. The first kappa shape index (κ1) is 16.5. The van der Waals surface area contributed by atoms with Crippen LogP contribution in [-0.2, 0) is 14.8 Å². The predicted molar refractivity (Wildman–Crippen MR) is 67.6 cm³/mol. The number of sulfonamides is 1. The molecule has 20 heavy (non-hydrogen) atoms. The van der Waals surface area contributed by atoms with Gasteiger partial charge in [-0.15, -0.1) is 0 Å². The number of benzene rings is 1. The van der Waals surface area contributed by atoms with Gasteiger partial charge in [-0.25, -0.2) is 17.2 Å². The summed E-state index contributed by atoms with van der Waals surface area (Å²) >= 11 is 0. The van der Waals surface area contributed by atoms with Gasteiger partial charge in [0.25, 0.3) is 0 Å². The molecule has 0 saturated heterocycles. The van der Waals surface area contributed by atoms with Crippen molar-refractivity contribution in [1.29, 1.82) is 0 Å². The lowest BCUT2D eigenvalue weighted by Gasteiger charge is -2.27. The first-order valence-electron chi connectivity index (χ1n) is 5.91. The van der Waals surface area contributed by atoms with Crippen molar-refractivity contribution in [1.82, 2.24) is 4.72 Å². The predicted octanol–water partition coefficient (Wildman–Crippen LogP) is 1.89. The molecule has 0 aromatic heterocycles. The van der Waals surface area contributed by atoms with E-state index < -0.39 is 38.1 Å². The van der Waals surface area contributed by atoms with Gasteiger partial charge in [-0.1, -0.05) is 19.9 Å². The van der Waals surface area contributed by atoms with Gasteiger partial charge in [0.15, 0.2) is 4.90 Å². The molecule has 0 aliphatic heterocycles. The molecule has 0 atom stereocenters. The summed E-state index contributed by atoms with van der Waals surface area (Å²) in [6.45, 7) is 2.94. The van der Waals surface area contributed by atoms with Crippen LogP contribution in [0.1, 0.15) is 26.7 Å². The van der Waals surface area contributed by atoms with E-state index in [-0.39, 0.29) is 12.8 Å². The highest BCUT2D eigenvalue weighted by atomic mass is 32.2. The minimum atomic E-state index is -4.63. The van der Waals surface area contributed by atoms with Crippen molar-refractivity contribution in [2.75, 3.05) is 0 Å². The van der Waals surface area contributed by atoms with Gasteiger partial charge in [-0.05, 0) is 25.0 Å². The number of nitrogens with one attached hydrogen (secondary N) is 1. The Morgan fingerprint density at radius 2 is 1.70 bits per heavy atom. The molecule has 8 heteroatoms. The molecule has 0 radical (unpaired) electrons. The molecule has 2 N–H and O–H groups in total. The number of hydrogen-bond donors (Lipinski definition) is 2. The molecule has 5 nitrogen and oxygen atoms in total. The minimum Gasteiger partial charge on any atom is -0.480 e. The maximum Gasteiger partial charge on any atom is 0.324 e. The van der Waals surface area contributed by atoms with E-state index >= 15 is 0 Å². The Morgan fingerprint density at radius 3 is 2.05 bits per heavy atom. The highest BCUT2D eigenvalue weighted by Crippen LogP contribution is 2.23. The van der Waals surface area contributed by atoms with Crippen LogP contribution in [0.4, 0.5) is 8.78 Å². The van der Waals surface area contributed by atoms with E-state index in [1.807, 2.05) is 4.72 Å². The number of rotatable bonds is 6. The van der Waals surface area contributed by atoms with Crippen molar-refractivity contribution in [3.63, 3.8) is 0 Å². The van der Waals surface area contributed by atoms with Crippen molar-refractivity contribution in [2.45, 2.75) is 37.1 Å². The van der Waals surface area contributed by atoms with Crippen LogP contribution in [0.15, 0.2) is 23.1 Å². The molecule has 0 spiro atoms. The van der Waals surface area contributed by atoms with E-state index in [1.165, 1.54) is 13.8 Å². The van der Waals surface area contributed by atoms with Crippen molar-refractivity contribution in [2.24, 2.45) is 0 Å². The Morgan fingerprint density at radius 1 is 1.25 bits per heavy atom. The van der Waals surface area contributed by atoms with Crippen molar-refractivity contribution in [3.05, 3.63) is 29.8 Å². The number of carboxylic acid groups (broad SMARTS) is 1. The maximum absolute atomic E-state index is 13.5. The summed E-state index contributed by atoms with van der Waals surface area (Å²) in [6.07, 6.45) is -0.123. The van der Waals surface area contributed by atoms with E-state index in [0.717, 1.165) is 18.2 Å². The molecule has 0 aliphatic rings. The molecular weight excluding hydrogens is 292 g/mol. The average molecular weight is 307 g/mol. The summed E-state index contributed by atoms with van der Waals surface area (Å²) < 4.78 is 53.1. The average Bonchev–Trinajstić information content (AvgIpc) is 2.35. The molecule has 0 amide bonds. The second-order valence-electron chi connectivity index (χ2n) is 4.25. The zero-order valence-corrected chi connectivity index (χ0v) is 11.8. The van der Waals surface area contributed by atoms with E-state index in [2.05, 4.69) is 0 Å². The van der Waals surface area contributed by atoms with Crippen molar-refractivity contribution < 1.29 is 27.1 Å². The van der Waals surface area contributed by atoms with Crippen LogP contribution in [0.3, 0.4) is 0 Å². The molecule has 112 valence electrons. The molecule has 1 aromatic carbocycles. The van der Waals surface area contributed by atoms with Gasteiger partial charge in [-0.3, -0.25) is 4.79 Å². The van der Waals surface area contributed by atoms with Gasteiger partial charge in [-0.2, -0.15) is 4.72 Å². The van der Waals surface area contributed by atoms with E-state index in [4.69, 9.17) is 5.11 Å². The minimum absolute atomic E-state index is 0.0614. The fourth-order valence-electron chi connectivity index (χ4n) is 1.79. The lowest BCUT2D eigenvalue weighted by atomic mass is 9.95. The fourth-order valence-corrected chi connectivity index (χ4v) is 3.43. The smallest absolute Gasteiger partial charge is 0.324 e. The van der Waals surface area contributed by atoms with Gasteiger partial charge < -0.3 is 5.11 Å². The summed E-state index contributed by atoms with van der Waals surface area (Å²) in [5.41, 5.74) is -1.80. The third kappa shape index (κ3) is 2.96. The molecule has 0 fully saturated rings. The van der Waals surface area contributed by atoms with Gasteiger partial charge in [0.05, 0.1) is 0 Å². The van der Waals surface area contributed by atoms with Crippen molar-refractivity contribution in [3.8, 4) is 0 Å². The lowest BCUT2D eigenvalue weighted by Crippen LogP contribution is -2.53. The highest BCUT2D eigenvalue weighted by molar-refractivity contribution is 7.89. The molecule has 1 rings (SSSR count). The number of halogens is 2. The first-order chi connectivity index (χ1) is 9.20. The topological polar surface area (TPSA) is 83.5 Å². The van der Waals surface area contributed by atoms with Crippen molar-refractivity contribution >= 4 is 16.0 Å². The molecule has 0 bridgehead atoms. The van der Waals surface area contributed by atoms with Crippen LogP contribution in [-0.4, -0.2) is 25.0 Å². The highest BCUT2D eigenvalue weighted by Gasteiger charge is 2.40. The zero-order chi connectivity index (χ0) is 15.6. The normalized spacial score (nSPS) is 12.4. The number of carboxylic acids is 1. The molecule has 0 unspecified atom stereocenters. The summed E-state index contributed by atoms with van der Waals surface area (Å²) in [5, 5.41) is 9.16. The third-order valence-corrected chi connectivity index (χ3v) is 4.72. The molecule has 0 aliphatic carbocycles. The molecular formula is C12H15F2NO4S. The van der Waals surface area contributed by atoms with Crippen LogP contribution in [0.2, 0.25) is 0 Å². The second kappa shape index (κ2) is 5.84. The largest absolute Gasteiger partial charge is 0.480 e. The second-order valence-corrected chi connectivity index (χ2v) is 5.87. The van der Waals surface area contributed by atoms with Crippen LogP contribution in [0.25, 0.3) is 0 Å². The quantitative estimate of drug-likeness (QED) is 0.840. The fraction of sp³-hybridized carbons (Fsp3) is 0.417. The molecule has 0 saturated carbocycles. The van der Waals surface area contributed by atoms with E-state index in [1.54, 1.807) is 0 Å².